The zero-order valence-electron chi connectivity index (χ0n) is 17.3. The number of nitrogens with one attached hydrogen (secondary N) is 1. The third kappa shape index (κ3) is 8.02. The highest BCUT2D eigenvalue weighted by molar-refractivity contribution is 8.00. The van der Waals surface area contributed by atoms with Gasteiger partial charge in [-0.2, -0.15) is 0 Å². The van der Waals surface area contributed by atoms with Gasteiger partial charge in [-0.15, -0.1) is 11.8 Å². The highest BCUT2D eigenvalue weighted by atomic mass is 32.2. The largest absolute Gasteiger partial charge is 0.341 e. The second-order valence-corrected chi connectivity index (χ2v) is 9.32. The maximum Gasteiger partial charge on any atom is 0.190 e. The van der Waals surface area contributed by atoms with Crippen LogP contribution in [0.25, 0.3) is 11.2 Å². The molecule has 0 atom stereocenters. The van der Waals surface area contributed by atoms with Crippen LogP contribution in [0, 0.1) is 0 Å². The van der Waals surface area contributed by atoms with E-state index in [2.05, 4.69) is 28.8 Å². The summed E-state index contributed by atoms with van der Waals surface area (Å²) in [7, 11) is 0. The van der Waals surface area contributed by atoms with Gasteiger partial charge >= 0.3 is 0 Å². The molecule has 2 heterocycles. The molecule has 2 aromatic heterocycles. The Morgan fingerprint density at radius 3 is 2.11 bits per heavy atom. The molecular formula is C21H36N4S2. The van der Waals surface area contributed by atoms with Gasteiger partial charge in [0.25, 0.3) is 0 Å². The molecule has 0 aliphatic carbocycles. The first-order valence-corrected chi connectivity index (χ1v) is 12.8. The summed E-state index contributed by atoms with van der Waals surface area (Å²) in [5.41, 5.74) is 1.79. The minimum absolute atomic E-state index is 0.643. The normalized spacial score (nSPS) is 11.7. The zero-order chi connectivity index (χ0) is 19.3. The van der Waals surface area contributed by atoms with E-state index in [0.29, 0.717) is 5.25 Å². The standard InChI is InChI=1S/C21H36N4S2/c1-4-6-8-10-12-14-17(15-13-11-9-7-5-2)27-20-18-19(23-16-22-18)24-21(25-20)26-3/h16-17H,4-15H2,1-3H3,(H,22,23,24,25). The van der Waals surface area contributed by atoms with Crippen LogP contribution in [0.2, 0.25) is 0 Å². The Kier molecular flexibility index (Phi) is 11.2. The minimum atomic E-state index is 0.643. The molecule has 0 bridgehead atoms. The van der Waals surface area contributed by atoms with Crippen LogP contribution in [0.3, 0.4) is 0 Å². The predicted octanol–water partition coefficient (Wildman–Crippen LogP) is 7.26. The maximum absolute atomic E-state index is 4.79. The van der Waals surface area contributed by atoms with Crippen molar-refractivity contribution in [1.29, 1.82) is 0 Å². The minimum Gasteiger partial charge on any atom is -0.341 e. The van der Waals surface area contributed by atoms with Gasteiger partial charge in [0.1, 0.15) is 10.5 Å². The predicted molar refractivity (Wildman–Crippen MR) is 120 cm³/mol. The van der Waals surface area contributed by atoms with E-state index in [1.807, 2.05) is 18.0 Å². The number of fused-ring (bicyclic) bond motifs is 1. The van der Waals surface area contributed by atoms with Crippen LogP contribution in [0.4, 0.5) is 0 Å². The number of unbranched alkanes of at least 4 members (excludes halogenated alkanes) is 8. The lowest BCUT2D eigenvalue weighted by atomic mass is 10.0. The van der Waals surface area contributed by atoms with Crippen molar-refractivity contribution in [1.82, 2.24) is 19.9 Å². The Hall–Kier alpha value is -0.750. The third-order valence-corrected chi connectivity index (χ3v) is 6.82. The number of rotatable bonds is 15. The molecule has 0 aliphatic heterocycles. The highest BCUT2D eigenvalue weighted by Crippen LogP contribution is 2.33. The molecule has 4 nitrogen and oxygen atoms in total. The Labute approximate surface area is 173 Å². The molecule has 0 saturated carbocycles. The number of aromatic nitrogens is 4. The quantitative estimate of drug-likeness (QED) is 0.145. The number of nitrogens with zero attached hydrogens (tertiary/aromatic N) is 3. The summed E-state index contributed by atoms with van der Waals surface area (Å²) in [5.74, 6) is 0. The van der Waals surface area contributed by atoms with Gasteiger partial charge in [-0.3, -0.25) is 0 Å². The molecule has 0 aliphatic rings. The van der Waals surface area contributed by atoms with Gasteiger partial charge in [-0.1, -0.05) is 89.8 Å². The molecule has 2 aromatic rings. The molecule has 0 amide bonds. The summed E-state index contributed by atoms with van der Waals surface area (Å²) in [6.45, 7) is 4.56. The second-order valence-electron chi connectivity index (χ2n) is 7.26. The van der Waals surface area contributed by atoms with Crippen LogP contribution < -0.4 is 0 Å². The first-order chi connectivity index (χ1) is 13.3. The SMILES string of the molecule is CCCCCCCC(CCCCCCC)Sc1nc(SC)nc2nc[nH]c12. The van der Waals surface area contributed by atoms with Gasteiger partial charge in [-0.25, -0.2) is 15.0 Å². The molecule has 0 fully saturated rings. The number of hydrogen-bond donors (Lipinski definition) is 1. The summed E-state index contributed by atoms with van der Waals surface area (Å²) < 4.78 is 0. The van der Waals surface area contributed by atoms with Gasteiger partial charge in [0.2, 0.25) is 0 Å². The topological polar surface area (TPSA) is 54.5 Å². The molecule has 2 rings (SSSR count). The van der Waals surface area contributed by atoms with Crippen molar-refractivity contribution in [3.05, 3.63) is 6.33 Å². The number of H-pyrrole nitrogens is 1. The van der Waals surface area contributed by atoms with Crippen molar-refractivity contribution < 1.29 is 0 Å². The molecule has 27 heavy (non-hydrogen) atoms. The maximum atomic E-state index is 4.79. The summed E-state index contributed by atoms with van der Waals surface area (Å²) in [6, 6.07) is 0. The third-order valence-electron chi connectivity index (χ3n) is 4.95. The van der Waals surface area contributed by atoms with E-state index >= 15 is 0 Å². The number of imidazole rings is 1. The monoisotopic (exact) mass is 408 g/mol. The lowest BCUT2D eigenvalue weighted by Crippen LogP contribution is -2.05. The molecule has 1 N–H and O–H groups in total. The van der Waals surface area contributed by atoms with E-state index in [4.69, 9.17) is 4.98 Å². The van der Waals surface area contributed by atoms with Gasteiger partial charge in [0.15, 0.2) is 10.8 Å². The van der Waals surface area contributed by atoms with E-state index in [1.165, 1.54) is 77.0 Å². The van der Waals surface area contributed by atoms with Crippen LogP contribution >= 0.6 is 23.5 Å². The van der Waals surface area contributed by atoms with Gasteiger partial charge in [0.05, 0.1) is 6.33 Å². The summed E-state index contributed by atoms with van der Waals surface area (Å²) in [6.07, 6.45) is 19.8. The first kappa shape index (κ1) is 22.5. The van der Waals surface area contributed by atoms with E-state index < -0.39 is 0 Å². The number of aromatic amines is 1. The second kappa shape index (κ2) is 13.4. The van der Waals surface area contributed by atoms with Crippen LogP contribution in [-0.4, -0.2) is 31.4 Å². The van der Waals surface area contributed by atoms with E-state index in [-0.39, 0.29) is 0 Å². The fourth-order valence-corrected chi connectivity index (χ4v) is 5.05. The summed E-state index contributed by atoms with van der Waals surface area (Å²) in [5, 5.41) is 2.54. The van der Waals surface area contributed by atoms with Gasteiger partial charge in [0, 0.05) is 5.25 Å². The Balaban J connectivity index is 1.97. The van der Waals surface area contributed by atoms with Crippen LogP contribution in [0.5, 0.6) is 0 Å². The molecule has 0 spiro atoms. The molecule has 0 unspecified atom stereocenters. The van der Waals surface area contributed by atoms with Crippen molar-refractivity contribution in [3.8, 4) is 0 Å². The van der Waals surface area contributed by atoms with Crippen LogP contribution in [0.15, 0.2) is 16.5 Å². The Morgan fingerprint density at radius 2 is 1.52 bits per heavy atom. The molecule has 0 aromatic carbocycles. The lowest BCUT2D eigenvalue weighted by molar-refractivity contribution is 0.551. The molecule has 0 radical (unpaired) electrons. The number of hydrogen-bond acceptors (Lipinski definition) is 5. The average Bonchev–Trinajstić information content (AvgIpc) is 3.16. The van der Waals surface area contributed by atoms with Crippen molar-refractivity contribution in [2.24, 2.45) is 0 Å². The number of thioether (sulfide) groups is 2. The smallest absolute Gasteiger partial charge is 0.190 e. The van der Waals surface area contributed by atoms with Crippen molar-refractivity contribution in [2.45, 2.75) is 106 Å². The highest BCUT2D eigenvalue weighted by Gasteiger charge is 2.16. The Bertz CT molecular complexity index is 630. The van der Waals surface area contributed by atoms with Crippen molar-refractivity contribution >= 4 is 34.7 Å². The Morgan fingerprint density at radius 1 is 0.889 bits per heavy atom. The van der Waals surface area contributed by atoms with E-state index in [0.717, 1.165) is 21.3 Å². The molecular weight excluding hydrogens is 372 g/mol. The fraction of sp³-hybridized carbons (Fsp3) is 0.762. The van der Waals surface area contributed by atoms with Gasteiger partial charge in [-0.05, 0) is 19.1 Å². The van der Waals surface area contributed by atoms with E-state index in [9.17, 15) is 0 Å². The van der Waals surface area contributed by atoms with Gasteiger partial charge < -0.3 is 4.98 Å². The lowest BCUT2D eigenvalue weighted by Gasteiger charge is -2.17. The van der Waals surface area contributed by atoms with E-state index in [1.54, 1.807) is 18.1 Å². The first-order valence-electron chi connectivity index (χ1n) is 10.7. The average molecular weight is 409 g/mol. The van der Waals surface area contributed by atoms with Crippen molar-refractivity contribution in [2.75, 3.05) is 6.26 Å². The molecule has 152 valence electrons. The summed E-state index contributed by atoms with van der Waals surface area (Å²) in [4.78, 5) is 16.9. The fourth-order valence-electron chi connectivity index (χ4n) is 3.34. The molecule has 0 saturated heterocycles. The van der Waals surface area contributed by atoms with Crippen molar-refractivity contribution in [3.63, 3.8) is 0 Å². The van der Waals surface area contributed by atoms with Crippen LogP contribution in [-0.2, 0) is 0 Å². The molecule has 6 heteroatoms. The van der Waals surface area contributed by atoms with Crippen LogP contribution in [0.1, 0.15) is 90.9 Å². The summed E-state index contributed by atoms with van der Waals surface area (Å²) >= 11 is 3.54. The zero-order valence-corrected chi connectivity index (χ0v) is 18.9.